The molecule has 2 aliphatic rings. The smallest absolute Gasteiger partial charge is 0.406 e. The highest BCUT2D eigenvalue weighted by Crippen LogP contribution is 2.47. The van der Waals surface area contributed by atoms with E-state index in [2.05, 4.69) is 20.0 Å². The Bertz CT molecular complexity index is 1140. The molecule has 200 valence electrons. The Morgan fingerprint density at radius 3 is 2.32 bits per heavy atom. The third-order valence-electron chi connectivity index (χ3n) is 6.74. The van der Waals surface area contributed by atoms with Crippen LogP contribution in [0.5, 0.6) is 5.75 Å². The van der Waals surface area contributed by atoms with Gasteiger partial charge in [-0.3, -0.25) is 14.5 Å². The zero-order valence-corrected chi connectivity index (χ0v) is 20.0. The van der Waals surface area contributed by atoms with Gasteiger partial charge in [-0.15, -0.1) is 13.2 Å². The van der Waals surface area contributed by atoms with Crippen molar-refractivity contribution < 1.29 is 41.0 Å². The van der Waals surface area contributed by atoms with E-state index in [1.165, 1.54) is 32.6 Å². The molecule has 1 aliphatic heterocycles. The van der Waals surface area contributed by atoms with Crippen LogP contribution in [0, 0.1) is 17.7 Å². The van der Waals surface area contributed by atoms with Crippen LogP contribution < -0.4 is 15.0 Å². The second-order valence-corrected chi connectivity index (χ2v) is 9.22. The number of hydrogen-bond acceptors (Lipinski definition) is 6. The molecule has 2 heterocycles. The molecule has 1 aliphatic carbocycles. The molecule has 1 aromatic carbocycles. The molecule has 2 amide bonds. The molecule has 37 heavy (non-hydrogen) atoms. The van der Waals surface area contributed by atoms with Gasteiger partial charge in [0.15, 0.2) is 11.4 Å². The highest BCUT2D eigenvalue weighted by molar-refractivity contribution is 6.06. The Balaban J connectivity index is 1.82. The molecule has 2 aromatic rings. The molecule has 0 bridgehead atoms. The molecule has 0 unspecified atom stereocenters. The average Bonchev–Trinajstić information content (AvgIpc) is 3.45. The molecule has 8 nitrogen and oxygen atoms in total. The van der Waals surface area contributed by atoms with Gasteiger partial charge in [-0.2, -0.15) is 0 Å². The summed E-state index contributed by atoms with van der Waals surface area (Å²) in [4.78, 5) is 36.1. The van der Waals surface area contributed by atoms with Crippen molar-refractivity contribution in [1.29, 1.82) is 0 Å². The molecule has 1 saturated carbocycles. The number of anilines is 1. The Morgan fingerprint density at radius 2 is 1.78 bits per heavy atom. The molecule has 2 fully saturated rings. The lowest BCUT2D eigenvalue weighted by atomic mass is 9.88. The van der Waals surface area contributed by atoms with Crippen LogP contribution in [0.4, 0.5) is 27.6 Å². The number of benzene rings is 1. The van der Waals surface area contributed by atoms with Gasteiger partial charge >= 0.3 is 6.36 Å². The van der Waals surface area contributed by atoms with E-state index in [9.17, 15) is 27.2 Å². The quantitative estimate of drug-likeness (QED) is 0.552. The summed E-state index contributed by atoms with van der Waals surface area (Å²) in [6.45, 7) is 3.62. The number of rotatable bonds is 7. The third kappa shape index (κ3) is 5.50. The largest absolute Gasteiger partial charge is 0.573 e. The maximum Gasteiger partial charge on any atom is 0.573 e. The van der Waals surface area contributed by atoms with Gasteiger partial charge in [0.1, 0.15) is 18.2 Å². The molecule has 4 rings (SSSR count). The molecule has 1 saturated heterocycles. The maximum absolute atomic E-state index is 15.4. The SMILES string of the molecule is C[C@@H]1[C@@H](F)[C@@H]1C(=O)N(c1ccc(OC(F)(F)F)cc1F)[C@@](C)(C(=O)NC1CCOCC1)c1cncnc1. The van der Waals surface area contributed by atoms with Crippen molar-refractivity contribution >= 4 is 17.5 Å². The normalized spacial score (nSPS) is 23.6. The molecule has 4 atom stereocenters. The van der Waals surface area contributed by atoms with Gasteiger partial charge in [0.05, 0.1) is 11.6 Å². The Kier molecular flexibility index (Phi) is 7.36. The summed E-state index contributed by atoms with van der Waals surface area (Å²) in [5, 5.41) is 2.85. The van der Waals surface area contributed by atoms with Crippen LogP contribution >= 0.6 is 0 Å². The number of carbonyl (C=O) groups is 2. The number of nitrogens with one attached hydrogen (secondary N) is 1. The molecule has 0 spiro atoms. The lowest BCUT2D eigenvalue weighted by Gasteiger charge is -2.41. The summed E-state index contributed by atoms with van der Waals surface area (Å²) in [6.07, 6.45) is -1.90. The molecular weight excluding hydrogens is 503 g/mol. The predicted octanol–water partition coefficient (Wildman–Crippen LogP) is 3.66. The van der Waals surface area contributed by atoms with E-state index in [4.69, 9.17) is 4.74 Å². The van der Waals surface area contributed by atoms with Gasteiger partial charge in [0, 0.05) is 49.2 Å². The van der Waals surface area contributed by atoms with Crippen LogP contribution in [-0.2, 0) is 19.9 Å². The number of aromatic nitrogens is 2. The number of amides is 2. The van der Waals surface area contributed by atoms with E-state index in [0.717, 1.165) is 17.0 Å². The first-order valence-corrected chi connectivity index (χ1v) is 11.6. The van der Waals surface area contributed by atoms with E-state index in [0.29, 0.717) is 32.1 Å². The van der Waals surface area contributed by atoms with Crippen molar-refractivity contribution in [3.63, 3.8) is 0 Å². The second-order valence-electron chi connectivity index (χ2n) is 9.22. The van der Waals surface area contributed by atoms with Crippen molar-refractivity contribution in [3.05, 3.63) is 48.3 Å². The van der Waals surface area contributed by atoms with E-state index in [-0.39, 0.29) is 11.6 Å². The Labute approximate surface area is 209 Å². The fourth-order valence-electron chi connectivity index (χ4n) is 4.45. The zero-order chi connectivity index (χ0) is 27.0. The minimum absolute atomic E-state index is 0.0895. The van der Waals surface area contributed by atoms with Crippen LogP contribution in [0.25, 0.3) is 0 Å². The monoisotopic (exact) mass is 528 g/mol. The molecule has 0 radical (unpaired) electrons. The maximum atomic E-state index is 15.4. The summed E-state index contributed by atoms with van der Waals surface area (Å²) >= 11 is 0. The van der Waals surface area contributed by atoms with Crippen molar-refractivity contribution in [2.24, 2.45) is 11.8 Å². The number of halogens is 5. The minimum atomic E-state index is -5.08. The highest BCUT2D eigenvalue weighted by Gasteiger charge is 2.58. The van der Waals surface area contributed by atoms with Crippen molar-refractivity contribution in [3.8, 4) is 5.75 Å². The van der Waals surface area contributed by atoms with E-state index >= 15 is 4.39 Å². The van der Waals surface area contributed by atoms with Crippen molar-refractivity contribution in [2.75, 3.05) is 18.1 Å². The van der Waals surface area contributed by atoms with Crippen LogP contribution in [0.15, 0.2) is 36.9 Å². The van der Waals surface area contributed by atoms with Gasteiger partial charge < -0.3 is 14.8 Å². The molecule has 1 N–H and O–H groups in total. The third-order valence-corrected chi connectivity index (χ3v) is 6.74. The van der Waals surface area contributed by atoms with Crippen LogP contribution in [0.3, 0.4) is 0 Å². The first-order valence-electron chi connectivity index (χ1n) is 11.6. The van der Waals surface area contributed by atoms with Crippen LogP contribution in [0.2, 0.25) is 0 Å². The highest BCUT2D eigenvalue weighted by atomic mass is 19.4. The summed E-state index contributed by atoms with van der Waals surface area (Å²) < 4.78 is 76.9. The predicted molar refractivity (Wildman–Crippen MR) is 119 cm³/mol. The molecular formula is C24H25F5N4O4. The first-order chi connectivity index (χ1) is 17.4. The number of alkyl halides is 4. The Morgan fingerprint density at radius 1 is 1.16 bits per heavy atom. The first kappa shape index (κ1) is 26.7. The number of ether oxygens (including phenoxy) is 2. The molecule has 1 aromatic heterocycles. The van der Waals surface area contributed by atoms with E-state index < -0.39 is 59.0 Å². The van der Waals surface area contributed by atoms with E-state index in [1.54, 1.807) is 0 Å². The van der Waals surface area contributed by atoms with Crippen LogP contribution in [0.1, 0.15) is 32.3 Å². The fourth-order valence-corrected chi connectivity index (χ4v) is 4.45. The minimum Gasteiger partial charge on any atom is -0.406 e. The van der Waals surface area contributed by atoms with E-state index in [1.807, 2.05) is 0 Å². The van der Waals surface area contributed by atoms with Gasteiger partial charge in [-0.25, -0.2) is 18.7 Å². The zero-order valence-electron chi connectivity index (χ0n) is 20.0. The second kappa shape index (κ2) is 10.2. The van der Waals surface area contributed by atoms with Gasteiger partial charge in [-0.05, 0) is 31.9 Å². The topological polar surface area (TPSA) is 93.7 Å². The summed E-state index contributed by atoms with van der Waals surface area (Å²) in [5.74, 6) is -5.63. The number of carbonyl (C=O) groups excluding carboxylic acids is 2. The summed E-state index contributed by atoms with van der Waals surface area (Å²) in [6, 6.07) is 1.83. The van der Waals surface area contributed by atoms with Crippen molar-refractivity contribution in [2.45, 2.75) is 50.8 Å². The standard InChI is InChI=1S/C24H25F5N4O4/c1-13-19(20(13)26)21(34)33(18-4-3-16(9-17(18)25)37-24(27,28)29)23(2,14-10-30-12-31-11-14)22(35)32-15-5-7-36-8-6-15/h3-4,9-13,15,19-20H,5-8H2,1-2H3,(H,32,35)/t13-,19+,20+,23+/m0/s1. The van der Waals surface area contributed by atoms with Gasteiger partial charge in [-0.1, -0.05) is 6.92 Å². The summed E-state index contributed by atoms with van der Waals surface area (Å²) in [7, 11) is 0. The average molecular weight is 528 g/mol. The molecule has 13 heteroatoms. The fraction of sp³-hybridized carbons (Fsp3) is 0.500. The van der Waals surface area contributed by atoms with Gasteiger partial charge in [0.2, 0.25) is 5.91 Å². The lowest BCUT2D eigenvalue weighted by molar-refractivity contribution is -0.274. The number of hydrogen-bond donors (Lipinski definition) is 1. The summed E-state index contributed by atoms with van der Waals surface area (Å²) in [5.41, 5.74) is -2.43. The number of nitrogens with zero attached hydrogens (tertiary/aromatic N) is 3. The Hall–Kier alpha value is -3.35. The van der Waals surface area contributed by atoms with Crippen molar-refractivity contribution in [1.82, 2.24) is 15.3 Å². The van der Waals surface area contributed by atoms with Gasteiger partial charge in [0.25, 0.3) is 5.91 Å². The van der Waals surface area contributed by atoms with Crippen LogP contribution in [-0.4, -0.2) is 53.6 Å². The lowest BCUT2D eigenvalue weighted by Crippen LogP contribution is -2.60.